The first kappa shape index (κ1) is 20.7. The standard InChI is InChI=1S/C22H27N3O4/c1-2-28-18-9-11-20(12-10-18)29-19-7-5-17(6-8-19)24-21(26)15-25-13-3-4-16(14-25)22(23)27/h5-12,16H,2-4,13-15H2,1H3,(H2,23,27)(H,24,26)/t16-/m1/s1. The second kappa shape index (κ2) is 9.93. The molecule has 3 N–H and O–H groups in total. The summed E-state index contributed by atoms with van der Waals surface area (Å²) in [7, 11) is 0. The van der Waals surface area contributed by atoms with Crippen molar-refractivity contribution in [1.29, 1.82) is 0 Å². The minimum Gasteiger partial charge on any atom is -0.494 e. The van der Waals surface area contributed by atoms with E-state index < -0.39 is 0 Å². The number of benzene rings is 2. The normalized spacial score (nSPS) is 16.8. The van der Waals surface area contributed by atoms with Crippen molar-refractivity contribution in [3.8, 4) is 17.2 Å². The van der Waals surface area contributed by atoms with E-state index in [-0.39, 0.29) is 24.3 Å². The number of hydrogen-bond donors (Lipinski definition) is 2. The Morgan fingerprint density at radius 3 is 2.31 bits per heavy atom. The molecule has 2 aromatic carbocycles. The average Bonchev–Trinajstić information content (AvgIpc) is 2.71. The van der Waals surface area contributed by atoms with Crippen molar-refractivity contribution in [3.63, 3.8) is 0 Å². The third kappa shape index (κ3) is 6.22. The molecule has 1 heterocycles. The molecule has 1 aliphatic heterocycles. The lowest BCUT2D eigenvalue weighted by atomic mass is 9.97. The minimum atomic E-state index is -0.293. The Labute approximate surface area is 170 Å². The van der Waals surface area contributed by atoms with Crippen LogP contribution in [0.1, 0.15) is 19.8 Å². The van der Waals surface area contributed by atoms with E-state index in [9.17, 15) is 9.59 Å². The Morgan fingerprint density at radius 1 is 1.07 bits per heavy atom. The summed E-state index contributed by atoms with van der Waals surface area (Å²) in [6, 6.07) is 14.6. The van der Waals surface area contributed by atoms with Gasteiger partial charge in [0, 0.05) is 12.2 Å². The van der Waals surface area contributed by atoms with Crippen molar-refractivity contribution >= 4 is 17.5 Å². The van der Waals surface area contributed by atoms with E-state index in [1.165, 1.54) is 0 Å². The highest BCUT2D eigenvalue weighted by molar-refractivity contribution is 5.92. The molecule has 0 spiro atoms. The van der Waals surface area contributed by atoms with Crippen LogP contribution in [0.2, 0.25) is 0 Å². The number of rotatable bonds is 8. The summed E-state index contributed by atoms with van der Waals surface area (Å²) in [6.45, 7) is 4.14. The van der Waals surface area contributed by atoms with Gasteiger partial charge >= 0.3 is 0 Å². The number of nitrogens with one attached hydrogen (secondary N) is 1. The summed E-state index contributed by atoms with van der Waals surface area (Å²) in [6.07, 6.45) is 1.67. The summed E-state index contributed by atoms with van der Waals surface area (Å²) in [5, 5.41) is 2.88. The smallest absolute Gasteiger partial charge is 0.238 e. The lowest BCUT2D eigenvalue weighted by molar-refractivity contribution is -0.125. The number of amides is 2. The van der Waals surface area contributed by atoms with Gasteiger partial charge in [0.05, 0.1) is 19.1 Å². The van der Waals surface area contributed by atoms with E-state index >= 15 is 0 Å². The second-order valence-electron chi connectivity index (χ2n) is 7.06. The van der Waals surface area contributed by atoms with E-state index in [1.54, 1.807) is 24.3 Å². The maximum absolute atomic E-state index is 12.3. The Kier molecular flexibility index (Phi) is 7.08. The molecule has 7 nitrogen and oxygen atoms in total. The number of ether oxygens (including phenoxy) is 2. The first-order valence-corrected chi connectivity index (χ1v) is 9.86. The molecule has 0 unspecified atom stereocenters. The molecule has 0 aliphatic carbocycles. The summed E-state index contributed by atoms with van der Waals surface area (Å²) in [5.41, 5.74) is 6.08. The molecule has 2 amide bonds. The second-order valence-corrected chi connectivity index (χ2v) is 7.06. The Morgan fingerprint density at radius 2 is 1.69 bits per heavy atom. The molecular formula is C22H27N3O4. The molecular weight excluding hydrogens is 370 g/mol. The Balaban J connectivity index is 1.49. The highest BCUT2D eigenvalue weighted by Gasteiger charge is 2.25. The SMILES string of the molecule is CCOc1ccc(Oc2ccc(NC(=O)CN3CCC[C@@H](C(N)=O)C3)cc2)cc1. The van der Waals surface area contributed by atoms with Crippen LogP contribution >= 0.6 is 0 Å². The van der Waals surface area contributed by atoms with Gasteiger partial charge in [-0.25, -0.2) is 0 Å². The van der Waals surface area contributed by atoms with Gasteiger partial charge in [-0.3, -0.25) is 14.5 Å². The number of hydrogen-bond acceptors (Lipinski definition) is 5. The topological polar surface area (TPSA) is 93.9 Å². The Bertz CT molecular complexity index is 821. The van der Waals surface area contributed by atoms with E-state index in [0.717, 1.165) is 25.1 Å². The molecule has 0 aromatic heterocycles. The van der Waals surface area contributed by atoms with Crippen LogP contribution in [-0.2, 0) is 9.59 Å². The lowest BCUT2D eigenvalue weighted by Crippen LogP contribution is -2.44. The van der Waals surface area contributed by atoms with Gasteiger partial charge in [-0.1, -0.05) is 0 Å². The summed E-state index contributed by atoms with van der Waals surface area (Å²) in [5.74, 6) is 1.60. The van der Waals surface area contributed by atoms with Gasteiger partial charge in [-0.05, 0) is 74.8 Å². The van der Waals surface area contributed by atoms with Gasteiger partial charge in [0.25, 0.3) is 0 Å². The fourth-order valence-electron chi connectivity index (χ4n) is 3.35. The van der Waals surface area contributed by atoms with Crippen LogP contribution in [0.3, 0.4) is 0 Å². The number of anilines is 1. The molecule has 3 rings (SSSR count). The summed E-state index contributed by atoms with van der Waals surface area (Å²) >= 11 is 0. The third-order valence-corrected chi connectivity index (χ3v) is 4.78. The number of primary amides is 1. The fraction of sp³-hybridized carbons (Fsp3) is 0.364. The molecule has 0 saturated carbocycles. The molecule has 0 bridgehead atoms. The largest absolute Gasteiger partial charge is 0.494 e. The van der Waals surface area contributed by atoms with Gasteiger partial charge in [-0.2, -0.15) is 0 Å². The number of likely N-dealkylation sites (tertiary alicyclic amines) is 1. The van der Waals surface area contributed by atoms with Crippen LogP contribution in [-0.4, -0.2) is 43.0 Å². The zero-order valence-corrected chi connectivity index (χ0v) is 16.6. The van der Waals surface area contributed by atoms with E-state index in [1.807, 2.05) is 36.1 Å². The number of carbonyl (C=O) groups excluding carboxylic acids is 2. The number of carbonyl (C=O) groups is 2. The van der Waals surface area contributed by atoms with Crippen LogP contribution in [0.5, 0.6) is 17.2 Å². The van der Waals surface area contributed by atoms with Gasteiger partial charge in [-0.15, -0.1) is 0 Å². The molecule has 2 aromatic rings. The lowest BCUT2D eigenvalue weighted by Gasteiger charge is -2.30. The number of piperidine rings is 1. The molecule has 29 heavy (non-hydrogen) atoms. The highest BCUT2D eigenvalue weighted by atomic mass is 16.5. The van der Waals surface area contributed by atoms with Gasteiger partial charge in [0.15, 0.2) is 0 Å². The van der Waals surface area contributed by atoms with Gasteiger partial charge < -0.3 is 20.5 Å². The highest BCUT2D eigenvalue weighted by Crippen LogP contribution is 2.25. The first-order chi connectivity index (χ1) is 14.0. The van der Waals surface area contributed by atoms with Crippen LogP contribution in [0, 0.1) is 5.92 Å². The summed E-state index contributed by atoms with van der Waals surface area (Å²) < 4.78 is 11.2. The van der Waals surface area contributed by atoms with Gasteiger partial charge in [0.2, 0.25) is 11.8 Å². The molecule has 1 fully saturated rings. The van der Waals surface area contributed by atoms with Crippen molar-refractivity contribution in [2.24, 2.45) is 11.7 Å². The van der Waals surface area contributed by atoms with Crippen molar-refractivity contribution in [2.75, 3.05) is 31.6 Å². The van der Waals surface area contributed by atoms with Gasteiger partial charge in [0.1, 0.15) is 17.2 Å². The predicted molar refractivity (Wildman–Crippen MR) is 111 cm³/mol. The predicted octanol–water partition coefficient (Wildman–Crippen LogP) is 3.01. The molecule has 7 heteroatoms. The zero-order chi connectivity index (χ0) is 20.6. The van der Waals surface area contributed by atoms with Crippen LogP contribution in [0.15, 0.2) is 48.5 Å². The maximum Gasteiger partial charge on any atom is 0.238 e. The molecule has 0 radical (unpaired) electrons. The molecule has 1 atom stereocenters. The fourth-order valence-corrected chi connectivity index (χ4v) is 3.35. The number of nitrogens with zero attached hydrogens (tertiary/aromatic N) is 1. The van der Waals surface area contributed by atoms with Crippen molar-refractivity contribution in [1.82, 2.24) is 4.90 Å². The average molecular weight is 397 g/mol. The van der Waals surface area contributed by atoms with Crippen LogP contribution < -0.4 is 20.5 Å². The number of nitrogens with two attached hydrogens (primary N) is 1. The van der Waals surface area contributed by atoms with Crippen LogP contribution in [0.25, 0.3) is 0 Å². The van der Waals surface area contributed by atoms with E-state index in [4.69, 9.17) is 15.2 Å². The first-order valence-electron chi connectivity index (χ1n) is 9.86. The van der Waals surface area contributed by atoms with Crippen molar-refractivity contribution in [3.05, 3.63) is 48.5 Å². The molecule has 1 aliphatic rings. The third-order valence-electron chi connectivity index (χ3n) is 4.78. The van der Waals surface area contributed by atoms with Crippen molar-refractivity contribution in [2.45, 2.75) is 19.8 Å². The quantitative estimate of drug-likeness (QED) is 0.714. The molecule has 1 saturated heterocycles. The monoisotopic (exact) mass is 397 g/mol. The van der Waals surface area contributed by atoms with E-state index in [0.29, 0.717) is 30.3 Å². The molecule has 154 valence electrons. The van der Waals surface area contributed by atoms with Crippen molar-refractivity contribution < 1.29 is 19.1 Å². The Hall–Kier alpha value is -3.06. The zero-order valence-electron chi connectivity index (χ0n) is 16.6. The maximum atomic E-state index is 12.3. The van der Waals surface area contributed by atoms with Crippen LogP contribution in [0.4, 0.5) is 5.69 Å². The van der Waals surface area contributed by atoms with E-state index in [2.05, 4.69) is 5.32 Å². The summed E-state index contributed by atoms with van der Waals surface area (Å²) in [4.78, 5) is 25.6. The minimum absolute atomic E-state index is 0.115.